The Morgan fingerprint density at radius 2 is 2.00 bits per heavy atom. The number of hydrogen-bond acceptors (Lipinski definition) is 3. The van der Waals surface area contributed by atoms with Gasteiger partial charge in [0.2, 0.25) is 5.88 Å². The molecule has 0 saturated carbocycles. The zero-order valence-corrected chi connectivity index (χ0v) is 14.3. The fourth-order valence-corrected chi connectivity index (χ4v) is 2.76. The largest absolute Gasteiger partial charge is 0.481 e. The lowest BCUT2D eigenvalue weighted by Gasteiger charge is -2.06. The van der Waals surface area contributed by atoms with E-state index in [1.165, 1.54) is 0 Å². The van der Waals surface area contributed by atoms with Crippen LogP contribution in [0.25, 0.3) is 10.9 Å². The number of aromatic nitrogens is 2. The highest BCUT2D eigenvalue weighted by molar-refractivity contribution is 6.30. The molecule has 0 spiro atoms. The molecular weight excluding hydrogens is 326 g/mol. The number of ether oxygens (including phenoxy) is 1. The van der Waals surface area contributed by atoms with Crippen molar-refractivity contribution >= 4 is 28.4 Å². The summed E-state index contributed by atoms with van der Waals surface area (Å²) in [6, 6.07) is 13.0. The number of nitrogens with zero attached hydrogens (tertiary/aromatic N) is 2. The van der Waals surface area contributed by atoms with Gasteiger partial charge in [0.15, 0.2) is 0 Å². The summed E-state index contributed by atoms with van der Waals surface area (Å²) in [4.78, 5) is 12.3. The van der Waals surface area contributed by atoms with Crippen LogP contribution in [0.2, 0.25) is 5.02 Å². The van der Waals surface area contributed by atoms with E-state index in [1.54, 1.807) is 23.9 Å². The average Bonchev–Trinajstić information content (AvgIpc) is 2.90. The molecule has 3 aromatic rings. The second kappa shape index (κ2) is 6.93. The van der Waals surface area contributed by atoms with Gasteiger partial charge in [-0.05, 0) is 42.3 Å². The number of nitrogens with one attached hydrogen (secondary N) is 1. The summed E-state index contributed by atoms with van der Waals surface area (Å²) in [7, 11) is 3.42. The summed E-state index contributed by atoms with van der Waals surface area (Å²) in [5.74, 6) is 0.565. The Labute approximate surface area is 145 Å². The van der Waals surface area contributed by atoms with Crippen LogP contribution in [0.5, 0.6) is 5.88 Å². The molecule has 0 aliphatic heterocycles. The Balaban J connectivity index is 1.66. The Hall–Kier alpha value is -2.53. The molecular formula is C18H18ClN3O2. The van der Waals surface area contributed by atoms with Gasteiger partial charge in [-0.3, -0.25) is 4.79 Å². The van der Waals surface area contributed by atoms with Crippen molar-refractivity contribution in [2.24, 2.45) is 7.05 Å². The predicted molar refractivity (Wildman–Crippen MR) is 94.8 cm³/mol. The highest BCUT2D eigenvalue weighted by atomic mass is 35.5. The van der Waals surface area contributed by atoms with Crippen molar-refractivity contribution in [3.8, 4) is 5.88 Å². The third-order valence-electron chi connectivity index (χ3n) is 3.85. The van der Waals surface area contributed by atoms with Gasteiger partial charge in [-0.15, -0.1) is 0 Å². The fraction of sp³-hybridized carbons (Fsp3) is 0.222. The molecule has 1 heterocycles. The summed E-state index contributed by atoms with van der Waals surface area (Å²) in [5, 5.41) is 8.88. The van der Waals surface area contributed by atoms with Gasteiger partial charge in [0.1, 0.15) is 0 Å². The second-order valence-electron chi connectivity index (χ2n) is 5.50. The van der Waals surface area contributed by atoms with Crippen molar-refractivity contribution in [1.82, 2.24) is 15.1 Å². The summed E-state index contributed by atoms with van der Waals surface area (Å²) in [6.45, 7) is 0.560. The molecule has 1 aromatic heterocycles. The third kappa shape index (κ3) is 3.36. The highest BCUT2D eigenvalue weighted by Crippen LogP contribution is 2.25. The van der Waals surface area contributed by atoms with Crippen LogP contribution in [0.1, 0.15) is 15.9 Å². The van der Waals surface area contributed by atoms with Gasteiger partial charge in [-0.2, -0.15) is 5.10 Å². The minimum absolute atomic E-state index is 0.115. The first-order valence-electron chi connectivity index (χ1n) is 7.62. The van der Waals surface area contributed by atoms with Crippen LogP contribution < -0.4 is 10.1 Å². The van der Waals surface area contributed by atoms with Gasteiger partial charge in [0.05, 0.1) is 18.0 Å². The van der Waals surface area contributed by atoms with E-state index >= 15 is 0 Å². The van der Waals surface area contributed by atoms with Gasteiger partial charge < -0.3 is 10.1 Å². The molecule has 0 aliphatic carbocycles. The molecule has 0 fully saturated rings. The number of methoxy groups -OCH3 is 1. The average molecular weight is 344 g/mol. The summed E-state index contributed by atoms with van der Waals surface area (Å²) in [6.07, 6.45) is 0.753. The number of rotatable bonds is 5. The van der Waals surface area contributed by atoms with Gasteiger partial charge in [-0.1, -0.05) is 23.7 Å². The molecule has 1 amide bonds. The number of aryl methyl sites for hydroxylation is 1. The van der Waals surface area contributed by atoms with E-state index in [1.807, 2.05) is 37.4 Å². The van der Waals surface area contributed by atoms with E-state index < -0.39 is 0 Å². The van der Waals surface area contributed by atoms with Crippen LogP contribution in [0, 0.1) is 0 Å². The summed E-state index contributed by atoms with van der Waals surface area (Å²) >= 11 is 5.86. The molecule has 2 aromatic carbocycles. The molecule has 5 nitrogen and oxygen atoms in total. The third-order valence-corrected chi connectivity index (χ3v) is 4.10. The predicted octanol–water partition coefficient (Wildman–Crippen LogP) is 3.21. The van der Waals surface area contributed by atoms with Crippen LogP contribution in [0.4, 0.5) is 0 Å². The van der Waals surface area contributed by atoms with Crippen molar-refractivity contribution in [3.63, 3.8) is 0 Å². The van der Waals surface area contributed by atoms with Crippen molar-refractivity contribution in [2.45, 2.75) is 6.42 Å². The van der Waals surface area contributed by atoms with Gasteiger partial charge in [0, 0.05) is 24.2 Å². The first-order chi connectivity index (χ1) is 11.6. The van der Waals surface area contributed by atoms with Gasteiger partial charge in [-0.25, -0.2) is 4.68 Å². The first-order valence-corrected chi connectivity index (χ1v) is 7.99. The Bertz CT molecular complexity index is 872. The zero-order chi connectivity index (χ0) is 17.1. The monoisotopic (exact) mass is 343 g/mol. The number of amides is 1. The normalized spacial score (nSPS) is 10.8. The summed E-state index contributed by atoms with van der Waals surface area (Å²) in [5.41, 5.74) is 2.45. The quantitative estimate of drug-likeness (QED) is 0.774. The fourth-order valence-electron chi connectivity index (χ4n) is 2.63. The molecule has 24 heavy (non-hydrogen) atoms. The molecule has 0 unspecified atom stereocenters. The molecule has 6 heteroatoms. The summed E-state index contributed by atoms with van der Waals surface area (Å²) < 4.78 is 6.97. The van der Waals surface area contributed by atoms with E-state index in [-0.39, 0.29) is 5.91 Å². The lowest BCUT2D eigenvalue weighted by atomic mass is 10.1. The van der Waals surface area contributed by atoms with Crippen LogP contribution in [0.3, 0.4) is 0 Å². The number of halogens is 1. The number of carbonyl (C=O) groups is 1. The number of benzene rings is 2. The molecule has 3 rings (SSSR count). The van der Waals surface area contributed by atoms with Gasteiger partial charge in [0.25, 0.3) is 5.91 Å². The zero-order valence-electron chi connectivity index (χ0n) is 13.5. The first kappa shape index (κ1) is 16.3. The molecule has 0 atom stereocenters. The van der Waals surface area contributed by atoms with Crippen molar-refractivity contribution in [1.29, 1.82) is 0 Å². The lowest BCUT2D eigenvalue weighted by molar-refractivity contribution is 0.0954. The van der Waals surface area contributed by atoms with Crippen LogP contribution in [0.15, 0.2) is 42.5 Å². The minimum Gasteiger partial charge on any atom is -0.481 e. The Kier molecular flexibility index (Phi) is 4.71. The van der Waals surface area contributed by atoms with Crippen LogP contribution in [-0.2, 0) is 13.5 Å². The SMILES string of the molecule is COc1c2ccc(C(=O)NCCc3ccc(Cl)cc3)cc2nn1C. The Morgan fingerprint density at radius 3 is 2.71 bits per heavy atom. The second-order valence-corrected chi connectivity index (χ2v) is 5.93. The van der Waals surface area contributed by atoms with Crippen molar-refractivity contribution < 1.29 is 9.53 Å². The molecule has 124 valence electrons. The minimum atomic E-state index is -0.115. The molecule has 0 radical (unpaired) electrons. The maximum atomic E-state index is 12.3. The molecule has 0 saturated heterocycles. The van der Waals surface area contributed by atoms with Gasteiger partial charge >= 0.3 is 0 Å². The highest BCUT2D eigenvalue weighted by Gasteiger charge is 2.12. The maximum absolute atomic E-state index is 12.3. The standard InChI is InChI=1S/C18H18ClN3O2/c1-22-18(24-2)15-8-5-13(11-16(15)21-22)17(23)20-10-9-12-3-6-14(19)7-4-12/h3-8,11H,9-10H2,1-2H3,(H,20,23). The van der Waals surface area contributed by atoms with E-state index in [9.17, 15) is 4.79 Å². The molecule has 0 bridgehead atoms. The van der Waals surface area contributed by atoms with Crippen molar-refractivity contribution in [3.05, 3.63) is 58.6 Å². The van der Waals surface area contributed by atoms with E-state index in [0.717, 1.165) is 22.9 Å². The number of hydrogen-bond donors (Lipinski definition) is 1. The molecule has 0 aliphatic rings. The van der Waals surface area contributed by atoms with E-state index in [0.29, 0.717) is 23.0 Å². The lowest BCUT2D eigenvalue weighted by Crippen LogP contribution is -2.25. The topological polar surface area (TPSA) is 56.1 Å². The van der Waals surface area contributed by atoms with Crippen LogP contribution >= 0.6 is 11.6 Å². The maximum Gasteiger partial charge on any atom is 0.251 e. The number of fused-ring (bicyclic) bond motifs is 1. The van der Waals surface area contributed by atoms with Crippen LogP contribution in [-0.4, -0.2) is 29.3 Å². The number of carbonyl (C=O) groups excluding carboxylic acids is 1. The van der Waals surface area contributed by atoms with E-state index in [2.05, 4.69) is 10.4 Å². The smallest absolute Gasteiger partial charge is 0.251 e. The van der Waals surface area contributed by atoms with E-state index in [4.69, 9.17) is 16.3 Å². The molecule has 1 N–H and O–H groups in total. The van der Waals surface area contributed by atoms with Crippen molar-refractivity contribution in [2.75, 3.05) is 13.7 Å². The Morgan fingerprint density at radius 1 is 1.25 bits per heavy atom.